The number of esters is 4. The number of amidine groups is 1. The molecule has 0 aliphatic carbocycles. The molecule has 1 aromatic rings. The molecule has 0 bridgehead atoms. The van der Waals surface area contributed by atoms with Gasteiger partial charge in [0.25, 0.3) is 0 Å². The third-order valence-corrected chi connectivity index (χ3v) is 15.3. The number of anilines is 1. The Bertz CT molecular complexity index is 2500. The summed E-state index contributed by atoms with van der Waals surface area (Å²) in [4.78, 5) is 69.2. The number of carbonyl (C=O) groups excluding carboxylic acids is 4. The van der Waals surface area contributed by atoms with E-state index in [2.05, 4.69) is 16.6 Å². The lowest BCUT2D eigenvalue weighted by Crippen LogP contribution is -2.44. The molecule has 25 nitrogen and oxygen atoms in total. The molecule has 0 aromatic carbocycles. The second-order valence-corrected chi connectivity index (χ2v) is 26.6. The van der Waals surface area contributed by atoms with Crippen LogP contribution in [0.15, 0.2) is 58.6 Å². The van der Waals surface area contributed by atoms with Crippen LogP contribution in [0.25, 0.3) is 0 Å². The standard InChI is InChI=1S/C24H38ClFN3O9P.C23H34ClFN3O10P/c1-15-28-16(27)8-10-29(15)19-17(26)18(30)24(12-25,38-19)9-11-39(33,36-13-34-20(31)22(2,3)4)37-14-35-21(32)23(5,6)7;1-21(2,3)18(30)34-12-36-39(33,37-13-35-19(31)22(4,5)6)10-8-23(11-24)16(29)15(25)17(38-23)28-9-7-14(26)27-20(28)32/h8,10,17-19,30H,1,9,11-14H2,2-7H3,(H2,27,28);7-10,15-17,29H,11-13H2,1-6H3,(H2,26,27,32)/b;10-8-/t17-,18+,19-,24+;15-,16+,17-,23+/m11/s1. The maximum atomic E-state index is 15.3. The minimum Gasteiger partial charge on any atom is -0.438 e. The number of aliphatic hydroxyl groups excluding tert-OH is 2. The van der Waals surface area contributed by atoms with Gasteiger partial charge in [0.1, 0.15) is 40.9 Å². The molecule has 1 aromatic heterocycles. The molecule has 0 unspecified atom stereocenters. The Balaban J connectivity index is 0.000000410. The molecule has 0 amide bonds. The molecule has 442 valence electrons. The highest BCUT2D eigenvalue weighted by Gasteiger charge is 2.58. The van der Waals surface area contributed by atoms with Gasteiger partial charge in [-0.15, -0.1) is 23.2 Å². The molecule has 3 aliphatic heterocycles. The lowest BCUT2D eigenvalue weighted by atomic mass is 9.95. The summed E-state index contributed by atoms with van der Waals surface area (Å²) in [5.74, 6) is -2.61. The van der Waals surface area contributed by atoms with Crippen LogP contribution in [0.3, 0.4) is 0 Å². The van der Waals surface area contributed by atoms with Crippen LogP contribution in [0.1, 0.15) is 95.7 Å². The number of nitrogen functional groups attached to an aromatic ring is 1. The first kappa shape index (κ1) is 67.9. The molecular formula is C47H72Cl2F2N6O19P2. The smallest absolute Gasteiger partial charge is 0.359 e. The molecule has 78 heavy (non-hydrogen) atoms. The van der Waals surface area contributed by atoms with Crippen molar-refractivity contribution >= 4 is 73.9 Å². The van der Waals surface area contributed by atoms with Crippen LogP contribution < -0.4 is 17.2 Å². The second-order valence-electron chi connectivity index (χ2n) is 22.0. The molecule has 0 spiro atoms. The third-order valence-electron chi connectivity index (χ3n) is 11.2. The number of carbonyl (C=O) groups is 4. The predicted molar refractivity (Wildman–Crippen MR) is 278 cm³/mol. The van der Waals surface area contributed by atoms with Crippen molar-refractivity contribution in [1.82, 2.24) is 14.5 Å². The molecule has 31 heteroatoms. The van der Waals surface area contributed by atoms with Crippen molar-refractivity contribution in [3.8, 4) is 0 Å². The van der Waals surface area contributed by atoms with Gasteiger partial charge in [-0.3, -0.25) is 51.0 Å². The fourth-order valence-electron chi connectivity index (χ4n) is 6.37. The van der Waals surface area contributed by atoms with Crippen LogP contribution in [-0.4, -0.2) is 141 Å². The topological polar surface area (TPSA) is 338 Å². The van der Waals surface area contributed by atoms with E-state index in [4.69, 9.17) is 81.2 Å². The molecule has 6 N–H and O–H groups in total. The van der Waals surface area contributed by atoms with E-state index in [-0.39, 0.29) is 23.9 Å². The number of hydrogen-bond donors (Lipinski definition) is 4. The number of aromatic nitrogens is 2. The summed E-state index contributed by atoms with van der Waals surface area (Å²) in [5.41, 5.74) is 2.93. The number of halogens is 4. The van der Waals surface area contributed by atoms with Crippen molar-refractivity contribution in [2.24, 2.45) is 32.4 Å². The highest BCUT2D eigenvalue weighted by Crippen LogP contribution is 2.53. The largest absolute Gasteiger partial charge is 0.438 e. The fraction of sp³-hybridized carbons (Fsp3) is 0.681. The Kier molecular flexibility index (Phi) is 23.4. The molecular weight excluding hydrogens is 1120 g/mol. The normalized spacial score (nSPS) is 25.1. The number of nitrogens with zero attached hydrogens (tertiary/aromatic N) is 4. The summed E-state index contributed by atoms with van der Waals surface area (Å²) in [5, 5.41) is 21.4. The molecule has 2 saturated heterocycles. The fourth-order valence-corrected chi connectivity index (χ4v) is 9.53. The van der Waals surface area contributed by atoms with Crippen LogP contribution in [0.4, 0.5) is 14.6 Å². The van der Waals surface area contributed by atoms with Crippen molar-refractivity contribution in [3.05, 3.63) is 59.3 Å². The third kappa shape index (κ3) is 18.3. The monoisotopic (exact) mass is 1190 g/mol. The number of rotatable bonds is 21. The number of aliphatic hydroxyl groups is 2. The van der Waals surface area contributed by atoms with Crippen LogP contribution in [0, 0.1) is 21.7 Å². The first-order valence-electron chi connectivity index (χ1n) is 23.8. The summed E-state index contributed by atoms with van der Waals surface area (Å²) in [6.45, 7) is 19.9. The van der Waals surface area contributed by atoms with Crippen LogP contribution in [-0.2, 0) is 74.8 Å². The number of alkyl halides is 4. The Morgan fingerprint density at radius 3 is 1.62 bits per heavy atom. The van der Waals surface area contributed by atoms with E-state index in [0.29, 0.717) is 0 Å². The van der Waals surface area contributed by atoms with Gasteiger partial charge in [0.15, 0.2) is 24.8 Å². The Hall–Kier alpha value is -4.37. The van der Waals surface area contributed by atoms with Gasteiger partial charge in [0, 0.05) is 18.2 Å². The number of nitrogens with two attached hydrogens (primary N) is 2. The van der Waals surface area contributed by atoms with Crippen molar-refractivity contribution in [2.45, 2.75) is 138 Å². The van der Waals surface area contributed by atoms with Gasteiger partial charge in [-0.2, -0.15) is 4.98 Å². The zero-order valence-corrected chi connectivity index (χ0v) is 48.8. The summed E-state index contributed by atoms with van der Waals surface area (Å²) in [6, 6.07) is 1.23. The molecule has 0 radical (unpaired) electrons. The minimum atomic E-state index is -4.40. The maximum absolute atomic E-state index is 15.3. The molecule has 4 rings (SSSR count). The van der Waals surface area contributed by atoms with E-state index in [1.165, 1.54) is 23.2 Å². The van der Waals surface area contributed by atoms with Gasteiger partial charge < -0.3 is 55.0 Å². The van der Waals surface area contributed by atoms with Gasteiger partial charge >= 0.3 is 44.8 Å². The first-order valence-corrected chi connectivity index (χ1v) is 28.2. The number of ether oxygens (including phenoxy) is 6. The zero-order chi connectivity index (χ0) is 59.6. The first-order chi connectivity index (χ1) is 35.7. The molecule has 8 atom stereocenters. The number of aliphatic imine (C=N–C) groups is 1. The highest BCUT2D eigenvalue weighted by molar-refractivity contribution is 7.57. The van der Waals surface area contributed by atoms with E-state index in [0.717, 1.165) is 22.7 Å². The Labute approximate surface area is 460 Å². The minimum absolute atomic E-state index is 0.0823. The molecule has 3 aliphatic rings. The van der Waals surface area contributed by atoms with Crippen molar-refractivity contribution in [2.75, 3.05) is 50.8 Å². The average molecular weight is 1200 g/mol. The van der Waals surface area contributed by atoms with Crippen LogP contribution in [0.2, 0.25) is 0 Å². The van der Waals surface area contributed by atoms with E-state index < -0.39 is 160 Å². The maximum Gasteiger partial charge on any atom is 0.359 e. The molecule has 4 heterocycles. The summed E-state index contributed by atoms with van der Waals surface area (Å²) >= 11 is 12.2. The van der Waals surface area contributed by atoms with Gasteiger partial charge in [0.2, 0.25) is 27.2 Å². The van der Waals surface area contributed by atoms with E-state index >= 15 is 8.78 Å². The number of hydrogen-bond acceptors (Lipinski definition) is 24. The van der Waals surface area contributed by atoms with Crippen LogP contribution >= 0.6 is 38.4 Å². The van der Waals surface area contributed by atoms with E-state index in [1.807, 2.05) is 0 Å². The predicted octanol–water partition coefficient (Wildman–Crippen LogP) is 6.25. The quantitative estimate of drug-likeness (QED) is 0.0347. The van der Waals surface area contributed by atoms with Crippen molar-refractivity contribution in [3.63, 3.8) is 0 Å². The Morgan fingerprint density at radius 2 is 1.21 bits per heavy atom. The van der Waals surface area contributed by atoms with Gasteiger partial charge in [-0.05, 0) is 108 Å². The second kappa shape index (κ2) is 26.9. The van der Waals surface area contributed by atoms with Gasteiger partial charge in [0.05, 0.1) is 39.6 Å². The highest BCUT2D eigenvalue weighted by atomic mass is 35.5. The average Bonchev–Trinajstić information content (AvgIpc) is 3.73. The zero-order valence-electron chi connectivity index (χ0n) is 45.5. The van der Waals surface area contributed by atoms with Crippen molar-refractivity contribution in [1.29, 1.82) is 0 Å². The lowest BCUT2D eigenvalue weighted by Gasteiger charge is -2.33. The SMILES string of the molecule is C=C1N=C(N)C=CN1[C@@H]1O[C@](CCl)(CCP(=O)(OCOC(=O)C(C)(C)C)OCOC(=O)C(C)(C)C)[C@@H](O)[C@H]1F.CC(C)(C)C(=O)OCOP(=O)(/C=C\[C@@]1(CCl)O[C@@H](n2ccc(N)nc2=O)[C@H](F)[C@@H]1O)OCOC(=O)C(C)(C)C. The Morgan fingerprint density at radius 1 is 0.756 bits per heavy atom. The molecule has 0 saturated carbocycles. The van der Waals surface area contributed by atoms with E-state index in [9.17, 15) is 43.3 Å². The summed E-state index contributed by atoms with van der Waals surface area (Å²) in [7, 11) is -8.58. The summed E-state index contributed by atoms with van der Waals surface area (Å²) < 4.78 is 111. The van der Waals surface area contributed by atoms with Crippen LogP contribution in [0.5, 0.6) is 0 Å². The van der Waals surface area contributed by atoms with E-state index in [1.54, 1.807) is 83.1 Å². The summed E-state index contributed by atoms with van der Waals surface area (Å²) in [6.07, 6.45) is -6.69. The molecule has 2 fully saturated rings. The van der Waals surface area contributed by atoms with Gasteiger partial charge in [-0.25, -0.2) is 18.6 Å². The van der Waals surface area contributed by atoms with Crippen molar-refractivity contribution < 1.29 is 93.8 Å². The van der Waals surface area contributed by atoms with Gasteiger partial charge in [-0.1, -0.05) is 6.58 Å². The lowest BCUT2D eigenvalue weighted by molar-refractivity contribution is -0.163.